The number of anilines is 1. The maximum absolute atomic E-state index is 12.3. The zero-order valence-corrected chi connectivity index (χ0v) is 16.0. The summed E-state index contributed by atoms with van der Waals surface area (Å²) in [6.07, 6.45) is 0. The lowest BCUT2D eigenvalue weighted by molar-refractivity contribution is 0.779. The minimum absolute atomic E-state index is 0.139. The van der Waals surface area contributed by atoms with Crippen LogP contribution in [-0.4, -0.2) is 35.2 Å². The summed E-state index contributed by atoms with van der Waals surface area (Å²) in [5.41, 5.74) is 4.43. The fourth-order valence-corrected chi connectivity index (χ4v) is 2.39. The van der Waals surface area contributed by atoms with Crippen LogP contribution < -0.4 is 10.5 Å². The molecular weight excluding hydrogens is 314 g/mol. The maximum Gasteiger partial charge on any atom is 0.277 e. The number of aryl methyl sites for hydroxylation is 1. The number of aromatic nitrogens is 2. The first-order valence-electron chi connectivity index (χ1n) is 8.41. The van der Waals surface area contributed by atoms with Crippen molar-refractivity contribution in [1.29, 1.82) is 0 Å². The van der Waals surface area contributed by atoms with Crippen molar-refractivity contribution in [3.63, 3.8) is 0 Å². The Bertz CT molecular complexity index is 889. The number of fused-ring (bicyclic) bond motifs is 1. The number of hydrogen-bond acceptors (Lipinski definition) is 5. The van der Waals surface area contributed by atoms with E-state index in [9.17, 15) is 4.79 Å². The Hall–Kier alpha value is -2.76. The lowest BCUT2D eigenvalue weighted by atomic mass is 10.2. The van der Waals surface area contributed by atoms with Crippen LogP contribution in [0.25, 0.3) is 0 Å². The summed E-state index contributed by atoms with van der Waals surface area (Å²) in [5.74, 6) is 0.507. The Kier molecular flexibility index (Phi) is 5.51. The molecule has 25 heavy (non-hydrogen) atoms. The van der Waals surface area contributed by atoms with Gasteiger partial charge in [0.1, 0.15) is 5.71 Å². The van der Waals surface area contributed by atoms with Gasteiger partial charge < -0.3 is 4.90 Å². The number of aliphatic imine (C=N–C) groups is 1. The van der Waals surface area contributed by atoms with Gasteiger partial charge in [0.05, 0.1) is 11.4 Å². The largest absolute Gasteiger partial charge is 0.378 e. The topological polar surface area (TPSA) is 62.9 Å². The monoisotopic (exact) mass is 339 g/mol. The molecule has 3 rings (SSSR count). The highest BCUT2D eigenvalue weighted by atomic mass is 16.1. The van der Waals surface area contributed by atoms with Crippen LogP contribution in [0.1, 0.15) is 37.9 Å². The molecule has 1 aromatic heterocycles. The molecule has 0 unspecified atom stereocenters. The third-order valence-electron chi connectivity index (χ3n) is 3.94. The lowest BCUT2D eigenvalue weighted by Gasteiger charge is -2.11. The molecule has 1 aliphatic rings. The van der Waals surface area contributed by atoms with E-state index in [1.165, 1.54) is 4.68 Å². The first kappa shape index (κ1) is 18.6. The lowest BCUT2D eigenvalue weighted by Crippen LogP contribution is -2.24. The first-order chi connectivity index (χ1) is 11.9. The van der Waals surface area contributed by atoms with Gasteiger partial charge in [0.25, 0.3) is 5.56 Å². The first-order valence-corrected chi connectivity index (χ1v) is 8.41. The van der Waals surface area contributed by atoms with Crippen LogP contribution in [0.2, 0.25) is 0 Å². The Morgan fingerprint density at radius 2 is 1.64 bits per heavy atom. The molecule has 6 heteroatoms. The van der Waals surface area contributed by atoms with Crippen molar-refractivity contribution < 1.29 is 0 Å². The second-order valence-electron chi connectivity index (χ2n) is 5.82. The predicted octanol–water partition coefficient (Wildman–Crippen LogP) is 3.31. The van der Waals surface area contributed by atoms with Crippen LogP contribution in [-0.2, 0) is 0 Å². The van der Waals surface area contributed by atoms with Gasteiger partial charge in [-0.05, 0) is 45.0 Å². The highest BCUT2D eigenvalue weighted by Gasteiger charge is 2.24. The molecule has 1 aromatic carbocycles. The molecule has 0 spiro atoms. The van der Waals surface area contributed by atoms with Crippen LogP contribution in [0.4, 0.5) is 11.4 Å². The van der Waals surface area contributed by atoms with Gasteiger partial charge in [0.15, 0.2) is 5.82 Å². The molecule has 0 N–H and O–H groups in total. The predicted molar refractivity (Wildman–Crippen MR) is 105 cm³/mol. The summed E-state index contributed by atoms with van der Waals surface area (Å²) in [5, 5.41) is 4.30. The highest BCUT2D eigenvalue weighted by molar-refractivity contribution is 6.48. The number of benzene rings is 1. The maximum atomic E-state index is 12.3. The number of rotatable bonds is 2. The smallest absolute Gasteiger partial charge is 0.277 e. The van der Waals surface area contributed by atoms with Crippen molar-refractivity contribution >= 4 is 22.8 Å². The van der Waals surface area contributed by atoms with E-state index >= 15 is 0 Å². The van der Waals surface area contributed by atoms with E-state index in [2.05, 4.69) is 15.1 Å². The summed E-state index contributed by atoms with van der Waals surface area (Å²) in [6.45, 7) is 9.43. The third kappa shape index (κ3) is 3.52. The van der Waals surface area contributed by atoms with Crippen LogP contribution in [0, 0.1) is 13.8 Å². The van der Waals surface area contributed by atoms with Crippen LogP contribution >= 0.6 is 0 Å². The third-order valence-corrected chi connectivity index (χ3v) is 3.94. The molecule has 0 atom stereocenters. The molecule has 0 saturated carbocycles. The molecule has 2 heterocycles. The molecule has 0 bridgehead atoms. The molecule has 0 radical (unpaired) electrons. The van der Waals surface area contributed by atoms with E-state index < -0.39 is 0 Å². The Morgan fingerprint density at radius 1 is 1.04 bits per heavy atom. The molecular formula is C19H25N5O. The van der Waals surface area contributed by atoms with Crippen molar-refractivity contribution in [2.45, 2.75) is 34.6 Å². The van der Waals surface area contributed by atoms with Crippen molar-refractivity contribution in [1.82, 2.24) is 9.66 Å². The summed E-state index contributed by atoms with van der Waals surface area (Å²) in [7, 11) is 3.98. The summed E-state index contributed by atoms with van der Waals surface area (Å²) >= 11 is 0. The normalized spacial score (nSPS) is 13.9. The minimum atomic E-state index is -0.139. The van der Waals surface area contributed by atoms with Gasteiger partial charge in [0.2, 0.25) is 0 Å². The molecule has 0 saturated heterocycles. The van der Waals surface area contributed by atoms with E-state index in [-0.39, 0.29) is 5.56 Å². The standard InChI is InChI=1S/C17H19N5O.C2H6/c1-10-11(2)18-16-15(12(3)20-22(16)17(10)23)19-13-6-8-14(9-7-13)21(4)5;1-2/h6-9H,1-5H3;1-2H3. The average molecular weight is 339 g/mol. The Labute approximate surface area is 148 Å². The van der Waals surface area contributed by atoms with Crippen molar-refractivity contribution in [3.05, 3.63) is 51.7 Å². The minimum Gasteiger partial charge on any atom is -0.378 e. The van der Waals surface area contributed by atoms with E-state index in [0.717, 1.165) is 11.4 Å². The molecule has 132 valence electrons. The van der Waals surface area contributed by atoms with Gasteiger partial charge >= 0.3 is 0 Å². The van der Waals surface area contributed by atoms with E-state index in [1.54, 1.807) is 6.92 Å². The van der Waals surface area contributed by atoms with Gasteiger partial charge in [-0.1, -0.05) is 13.8 Å². The van der Waals surface area contributed by atoms with Crippen molar-refractivity contribution in [2.75, 3.05) is 19.0 Å². The van der Waals surface area contributed by atoms with Crippen molar-refractivity contribution in [2.24, 2.45) is 10.1 Å². The SMILES string of the molecule is CC.CC1=Nn2c(nc(C)c(C)c2=O)C1=Nc1ccc(N(C)C)cc1. The quantitative estimate of drug-likeness (QED) is 0.843. The summed E-state index contributed by atoms with van der Waals surface area (Å²) in [6, 6.07) is 7.89. The van der Waals surface area contributed by atoms with Gasteiger partial charge in [-0.2, -0.15) is 9.78 Å². The van der Waals surface area contributed by atoms with Gasteiger partial charge in [-0.15, -0.1) is 0 Å². The van der Waals surface area contributed by atoms with Crippen LogP contribution in [0.3, 0.4) is 0 Å². The Balaban J connectivity index is 0.00000109. The number of hydrogen-bond donors (Lipinski definition) is 0. The molecule has 0 amide bonds. The summed E-state index contributed by atoms with van der Waals surface area (Å²) in [4.78, 5) is 23.5. The summed E-state index contributed by atoms with van der Waals surface area (Å²) < 4.78 is 1.34. The molecule has 0 fully saturated rings. The van der Waals surface area contributed by atoms with Crippen LogP contribution in [0.15, 0.2) is 39.2 Å². The average Bonchev–Trinajstić information content (AvgIpc) is 2.91. The van der Waals surface area contributed by atoms with Crippen LogP contribution in [0.5, 0.6) is 0 Å². The number of nitrogens with zero attached hydrogens (tertiary/aromatic N) is 5. The van der Waals surface area contributed by atoms with E-state index in [1.807, 2.05) is 71.0 Å². The molecule has 6 nitrogen and oxygen atoms in total. The fraction of sp³-hybridized carbons (Fsp3) is 0.368. The zero-order valence-electron chi connectivity index (χ0n) is 16.0. The Morgan fingerprint density at radius 3 is 2.20 bits per heavy atom. The van der Waals surface area contributed by atoms with Gasteiger partial charge in [0, 0.05) is 31.0 Å². The zero-order chi connectivity index (χ0) is 18.7. The van der Waals surface area contributed by atoms with Gasteiger partial charge in [-0.3, -0.25) is 4.79 Å². The molecule has 2 aromatic rings. The second kappa shape index (κ2) is 7.42. The molecule has 1 aliphatic heterocycles. The van der Waals surface area contributed by atoms with Crippen molar-refractivity contribution in [3.8, 4) is 0 Å². The van der Waals surface area contributed by atoms with E-state index in [4.69, 9.17) is 0 Å². The fourth-order valence-electron chi connectivity index (χ4n) is 2.39. The molecule has 0 aliphatic carbocycles. The highest BCUT2D eigenvalue weighted by Crippen LogP contribution is 2.20. The second-order valence-corrected chi connectivity index (χ2v) is 5.82. The van der Waals surface area contributed by atoms with Gasteiger partial charge in [-0.25, -0.2) is 9.98 Å². The van der Waals surface area contributed by atoms with E-state index in [0.29, 0.717) is 28.5 Å².